The Morgan fingerprint density at radius 2 is 1.85 bits per heavy atom. The van der Waals surface area contributed by atoms with Crippen LogP contribution in [0.1, 0.15) is 42.5 Å². The molecule has 2 saturated heterocycles. The van der Waals surface area contributed by atoms with E-state index >= 15 is 0 Å². The van der Waals surface area contributed by atoms with Crippen molar-refractivity contribution in [2.45, 2.75) is 43.0 Å². The lowest BCUT2D eigenvalue weighted by Crippen LogP contribution is -2.33. The smallest absolute Gasteiger partial charge is 0.257 e. The second-order valence-corrected chi connectivity index (χ2v) is 8.92. The Bertz CT molecular complexity index is 758. The number of carbonyl (C=O) groups excluding carboxylic acids is 1. The highest BCUT2D eigenvalue weighted by molar-refractivity contribution is 7.89. The summed E-state index contributed by atoms with van der Waals surface area (Å²) >= 11 is 0. The molecule has 1 amide bonds. The molecule has 2 aliphatic rings. The number of rotatable bonds is 4. The van der Waals surface area contributed by atoms with Gasteiger partial charge >= 0.3 is 0 Å². The van der Waals surface area contributed by atoms with Gasteiger partial charge in [-0.15, -0.1) is 0 Å². The zero-order valence-corrected chi connectivity index (χ0v) is 16.0. The molecule has 1 aromatic rings. The molecule has 0 aromatic heterocycles. The summed E-state index contributed by atoms with van der Waals surface area (Å²) in [5.41, 5.74) is 6.17. The molecular formula is C18H27N3O4S. The van der Waals surface area contributed by atoms with Crippen LogP contribution >= 0.6 is 0 Å². The molecule has 0 unspecified atom stereocenters. The minimum atomic E-state index is -3.62. The Morgan fingerprint density at radius 1 is 1.15 bits per heavy atom. The van der Waals surface area contributed by atoms with Gasteiger partial charge in [-0.05, 0) is 37.5 Å². The number of hydrogen-bond donors (Lipinski definition) is 1. The third-order valence-electron chi connectivity index (χ3n) is 5.12. The minimum absolute atomic E-state index is 0.0334. The van der Waals surface area contributed by atoms with Gasteiger partial charge in [0.2, 0.25) is 10.0 Å². The van der Waals surface area contributed by atoms with Crippen molar-refractivity contribution in [1.29, 1.82) is 0 Å². The fraction of sp³-hybridized carbons (Fsp3) is 0.611. The van der Waals surface area contributed by atoms with Crippen LogP contribution in [0.4, 0.5) is 0 Å². The van der Waals surface area contributed by atoms with Crippen molar-refractivity contribution >= 4 is 15.9 Å². The number of amides is 1. The molecule has 144 valence electrons. The highest BCUT2D eigenvalue weighted by Crippen LogP contribution is 2.28. The molecule has 2 fully saturated rings. The van der Waals surface area contributed by atoms with Crippen molar-refractivity contribution in [3.05, 3.63) is 23.8 Å². The molecule has 0 radical (unpaired) electrons. The van der Waals surface area contributed by atoms with Crippen LogP contribution in [0.5, 0.6) is 5.75 Å². The molecule has 0 aliphatic carbocycles. The first kappa shape index (κ1) is 19.1. The topological polar surface area (TPSA) is 92.9 Å². The molecule has 0 spiro atoms. The Kier molecular flexibility index (Phi) is 5.84. The molecule has 8 heteroatoms. The molecule has 26 heavy (non-hydrogen) atoms. The third-order valence-corrected chi connectivity index (χ3v) is 7.01. The zero-order chi connectivity index (χ0) is 18.7. The van der Waals surface area contributed by atoms with Gasteiger partial charge in [0, 0.05) is 32.2 Å². The summed E-state index contributed by atoms with van der Waals surface area (Å²) in [4.78, 5) is 14.7. The van der Waals surface area contributed by atoms with Crippen molar-refractivity contribution < 1.29 is 17.9 Å². The van der Waals surface area contributed by atoms with Crippen LogP contribution in [-0.4, -0.2) is 62.9 Å². The van der Waals surface area contributed by atoms with Gasteiger partial charge in [0.15, 0.2) is 0 Å². The van der Waals surface area contributed by atoms with Gasteiger partial charge in [-0.3, -0.25) is 4.79 Å². The summed E-state index contributed by atoms with van der Waals surface area (Å²) in [5, 5.41) is 0. The average Bonchev–Trinajstić information content (AvgIpc) is 2.89. The van der Waals surface area contributed by atoms with Gasteiger partial charge in [-0.1, -0.05) is 12.8 Å². The second-order valence-electron chi connectivity index (χ2n) is 6.98. The molecule has 0 saturated carbocycles. The zero-order valence-electron chi connectivity index (χ0n) is 15.2. The molecule has 1 aromatic carbocycles. The first-order valence-corrected chi connectivity index (χ1v) is 10.6. The van der Waals surface area contributed by atoms with Crippen molar-refractivity contribution in [1.82, 2.24) is 9.21 Å². The van der Waals surface area contributed by atoms with Gasteiger partial charge in [0.1, 0.15) is 5.75 Å². The van der Waals surface area contributed by atoms with Crippen LogP contribution in [-0.2, 0) is 10.0 Å². The van der Waals surface area contributed by atoms with Crippen LogP contribution in [0.15, 0.2) is 23.1 Å². The minimum Gasteiger partial charge on any atom is -0.496 e. The van der Waals surface area contributed by atoms with E-state index in [1.165, 1.54) is 23.5 Å². The maximum atomic E-state index is 13.0. The van der Waals surface area contributed by atoms with Crippen LogP contribution in [0.25, 0.3) is 0 Å². The van der Waals surface area contributed by atoms with Crippen molar-refractivity contribution in [2.75, 3.05) is 33.3 Å². The number of nitrogens with two attached hydrogens (primary N) is 1. The van der Waals surface area contributed by atoms with Gasteiger partial charge in [-0.2, -0.15) is 4.31 Å². The molecule has 7 nitrogen and oxygen atoms in total. The fourth-order valence-corrected chi connectivity index (χ4v) is 5.13. The first-order valence-electron chi connectivity index (χ1n) is 9.16. The number of ether oxygens (including phenoxy) is 1. The quantitative estimate of drug-likeness (QED) is 0.852. The second kappa shape index (κ2) is 7.94. The SMILES string of the molecule is COc1ccc(S(=O)(=O)N2CCCCCC2)cc1C(=O)N1CC[C@@H](N)C1. The van der Waals surface area contributed by atoms with Crippen LogP contribution in [0, 0.1) is 0 Å². The molecule has 1 atom stereocenters. The van der Waals surface area contributed by atoms with E-state index in [0.29, 0.717) is 31.9 Å². The van der Waals surface area contributed by atoms with E-state index in [1.807, 2.05) is 0 Å². The molecule has 0 bridgehead atoms. The Hall–Kier alpha value is -1.64. The van der Waals surface area contributed by atoms with Crippen molar-refractivity contribution in [3.8, 4) is 5.75 Å². The number of hydrogen-bond acceptors (Lipinski definition) is 5. The average molecular weight is 381 g/mol. The number of methoxy groups -OCH3 is 1. The third kappa shape index (κ3) is 3.87. The molecular weight excluding hydrogens is 354 g/mol. The van der Waals surface area contributed by atoms with E-state index in [2.05, 4.69) is 0 Å². The maximum Gasteiger partial charge on any atom is 0.257 e. The summed E-state index contributed by atoms with van der Waals surface area (Å²) in [6, 6.07) is 4.50. The molecule has 2 N–H and O–H groups in total. The Morgan fingerprint density at radius 3 is 2.42 bits per heavy atom. The number of likely N-dealkylation sites (tertiary alicyclic amines) is 1. The van der Waals surface area contributed by atoms with E-state index < -0.39 is 10.0 Å². The van der Waals surface area contributed by atoms with Crippen molar-refractivity contribution in [3.63, 3.8) is 0 Å². The van der Waals surface area contributed by atoms with E-state index in [1.54, 1.807) is 11.0 Å². The Labute approximate surface area is 155 Å². The number of sulfonamides is 1. The summed E-state index contributed by atoms with van der Waals surface area (Å²) in [7, 11) is -2.14. The Balaban J connectivity index is 1.92. The van der Waals surface area contributed by atoms with Crippen LogP contribution in [0.3, 0.4) is 0 Å². The van der Waals surface area contributed by atoms with E-state index in [4.69, 9.17) is 10.5 Å². The highest BCUT2D eigenvalue weighted by atomic mass is 32.2. The number of carbonyl (C=O) groups is 1. The molecule has 2 heterocycles. The maximum absolute atomic E-state index is 13.0. The summed E-state index contributed by atoms with van der Waals surface area (Å²) in [6.45, 7) is 2.11. The molecule has 3 rings (SSSR count). The number of nitrogens with zero attached hydrogens (tertiary/aromatic N) is 2. The fourth-order valence-electron chi connectivity index (χ4n) is 3.59. The van der Waals surface area contributed by atoms with Crippen LogP contribution in [0.2, 0.25) is 0 Å². The van der Waals surface area contributed by atoms with E-state index in [9.17, 15) is 13.2 Å². The summed E-state index contributed by atoms with van der Waals surface area (Å²) < 4.78 is 32.9. The predicted molar refractivity (Wildman–Crippen MR) is 98.7 cm³/mol. The van der Waals surface area contributed by atoms with E-state index in [-0.39, 0.29) is 22.4 Å². The monoisotopic (exact) mass is 381 g/mol. The summed E-state index contributed by atoms with van der Waals surface area (Å²) in [6.07, 6.45) is 4.58. The van der Waals surface area contributed by atoms with Crippen LogP contribution < -0.4 is 10.5 Å². The van der Waals surface area contributed by atoms with E-state index in [0.717, 1.165) is 32.1 Å². The standard InChI is InChI=1S/C18H27N3O4S/c1-25-17-7-6-15(26(23,24)21-9-4-2-3-5-10-21)12-16(17)18(22)20-11-8-14(19)13-20/h6-7,12,14H,2-5,8-11,13,19H2,1H3/t14-/m1/s1. The van der Waals surface area contributed by atoms with Gasteiger partial charge in [0.05, 0.1) is 17.6 Å². The normalized spacial score (nSPS) is 22.2. The lowest BCUT2D eigenvalue weighted by molar-refractivity contribution is 0.0787. The lowest BCUT2D eigenvalue weighted by Gasteiger charge is -2.22. The predicted octanol–water partition coefficient (Wildman–Crippen LogP) is 1.43. The molecule has 2 aliphatic heterocycles. The van der Waals surface area contributed by atoms with Crippen molar-refractivity contribution in [2.24, 2.45) is 5.73 Å². The number of benzene rings is 1. The summed E-state index contributed by atoms with van der Waals surface area (Å²) in [5.74, 6) is 0.146. The lowest BCUT2D eigenvalue weighted by atomic mass is 10.1. The van der Waals surface area contributed by atoms with Gasteiger partial charge in [0.25, 0.3) is 5.91 Å². The first-order chi connectivity index (χ1) is 12.4. The highest BCUT2D eigenvalue weighted by Gasteiger charge is 2.30. The van der Waals surface area contributed by atoms with Gasteiger partial charge in [-0.25, -0.2) is 8.42 Å². The largest absolute Gasteiger partial charge is 0.496 e. The van der Waals surface area contributed by atoms with Gasteiger partial charge < -0.3 is 15.4 Å².